The summed E-state index contributed by atoms with van der Waals surface area (Å²) in [6.07, 6.45) is 1.98. The second-order valence-corrected chi connectivity index (χ2v) is 3.24. The molecule has 0 saturated carbocycles. The SMILES string of the molecule is CSC1C[N+](O)(O)C1. The first kappa shape index (κ1) is 6.35. The Morgan fingerprint density at radius 1 is 1.50 bits per heavy atom. The van der Waals surface area contributed by atoms with E-state index in [4.69, 9.17) is 10.4 Å². The largest absolute Gasteiger partial charge is 0.182 e. The Morgan fingerprint density at radius 3 is 2.12 bits per heavy atom. The predicted octanol–water partition coefficient (Wildman–Crippen LogP) is 0.327. The Bertz CT molecular complexity index is 88.0. The van der Waals surface area contributed by atoms with Crippen molar-refractivity contribution < 1.29 is 15.2 Å². The Kier molecular flexibility index (Phi) is 1.49. The van der Waals surface area contributed by atoms with Crippen LogP contribution in [0.15, 0.2) is 0 Å². The van der Waals surface area contributed by atoms with Crippen LogP contribution in [0.4, 0.5) is 0 Å². The van der Waals surface area contributed by atoms with Gasteiger partial charge in [0.1, 0.15) is 5.25 Å². The summed E-state index contributed by atoms with van der Waals surface area (Å²) in [5.41, 5.74) is 0. The lowest BCUT2D eigenvalue weighted by Crippen LogP contribution is -2.60. The van der Waals surface area contributed by atoms with E-state index < -0.39 is 4.81 Å². The van der Waals surface area contributed by atoms with Gasteiger partial charge in [0.25, 0.3) is 0 Å². The van der Waals surface area contributed by atoms with Crippen molar-refractivity contribution in [1.29, 1.82) is 0 Å². The van der Waals surface area contributed by atoms with E-state index in [9.17, 15) is 0 Å². The molecule has 1 rings (SSSR count). The number of hydrogen-bond donors (Lipinski definition) is 2. The Balaban J connectivity index is 2.21. The minimum Gasteiger partial charge on any atom is -0.182 e. The molecule has 0 bridgehead atoms. The number of quaternary nitrogens is 1. The molecule has 0 unspecified atom stereocenters. The van der Waals surface area contributed by atoms with E-state index >= 15 is 0 Å². The summed E-state index contributed by atoms with van der Waals surface area (Å²) in [4.78, 5) is -0.772. The van der Waals surface area contributed by atoms with Crippen LogP contribution in [0.1, 0.15) is 0 Å². The summed E-state index contributed by atoms with van der Waals surface area (Å²) in [5.74, 6) is 0. The first-order valence-electron chi connectivity index (χ1n) is 2.49. The van der Waals surface area contributed by atoms with Crippen molar-refractivity contribution in [2.24, 2.45) is 0 Å². The Morgan fingerprint density at radius 2 is 2.00 bits per heavy atom. The molecule has 0 aromatic heterocycles. The highest BCUT2D eigenvalue weighted by Crippen LogP contribution is 2.22. The van der Waals surface area contributed by atoms with Crippen molar-refractivity contribution in [3.05, 3.63) is 0 Å². The third kappa shape index (κ3) is 1.14. The topological polar surface area (TPSA) is 40.5 Å². The third-order valence-corrected chi connectivity index (χ3v) is 2.29. The monoisotopic (exact) mass is 136 g/mol. The number of thioether (sulfide) groups is 1. The van der Waals surface area contributed by atoms with Crippen molar-refractivity contribution in [3.8, 4) is 0 Å². The second-order valence-electron chi connectivity index (χ2n) is 2.10. The summed E-state index contributed by atoms with van der Waals surface area (Å²) < 4.78 is 0. The van der Waals surface area contributed by atoms with Crippen LogP contribution in [-0.2, 0) is 0 Å². The van der Waals surface area contributed by atoms with E-state index in [2.05, 4.69) is 0 Å². The van der Waals surface area contributed by atoms with Gasteiger partial charge in [-0.25, -0.2) is 0 Å². The average molecular weight is 136 g/mol. The lowest BCUT2D eigenvalue weighted by molar-refractivity contribution is -1.27. The van der Waals surface area contributed by atoms with Gasteiger partial charge in [-0.1, -0.05) is 0 Å². The molecule has 0 aliphatic carbocycles. The normalized spacial score (nSPS) is 27.4. The fourth-order valence-electron chi connectivity index (χ4n) is 0.748. The minimum absolute atomic E-state index is 0.449. The molecule has 3 nitrogen and oxygen atoms in total. The molecule has 0 aromatic carbocycles. The molecule has 48 valence electrons. The van der Waals surface area contributed by atoms with E-state index in [0.717, 1.165) is 0 Å². The van der Waals surface area contributed by atoms with Crippen LogP contribution in [0, 0.1) is 0 Å². The van der Waals surface area contributed by atoms with Gasteiger partial charge < -0.3 is 0 Å². The molecule has 0 radical (unpaired) electrons. The van der Waals surface area contributed by atoms with Crippen molar-refractivity contribution in [1.82, 2.24) is 0 Å². The van der Waals surface area contributed by atoms with Crippen LogP contribution in [0.25, 0.3) is 0 Å². The van der Waals surface area contributed by atoms with Crippen LogP contribution in [0.5, 0.6) is 0 Å². The summed E-state index contributed by atoms with van der Waals surface area (Å²) in [6.45, 7) is 0.947. The quantitative estimate of drug-likeness (QED) is 0.510. The summed E-state index contributed by atoms with van der Waals surface area (Å²) >= 11 is 1.68. The maximum absolute atomic E-state index is 8.69. The molecular weight excluding hydrogens is 126 g/mol. The summed E-state index contributed by atoms with van der Waals surface area (Å²) in [7, 11) is 0. The van der Waals surface area contributed by atoms with E-state index in [-0.39, 0.29) is 0 Å². The Labute approximate surface area is 52.4 Å². The number of rotatable bonds is 1. The first-order valence-corrected chi connectivity index (χ1v) is 3.78. The molecule has 0 aromatic rings. The van der Waals surface area contributed by atoms with Crippen LogP contribution in [-0.4, -0.2) is 39.8 Å². The lowest BCUT2D eigenvalue weighted by Gasteiger charge is -2.35. The molecule has 8 heavy (non-hydrogen) atoms. The molecule has 1 fully saturated rings. The molecule has 0 atom stereocenters. The minimum atomic E-state index is -0.772. The zero-order chi connectivity index (χ0) is 6.20. The van der Waals surface area contributed by atoms with Gasteiger partial charge in [0.2, 0.25) is 0 Å². The van der Waals surface area contributed by atoms with E-state index in [1.54, 1.807) is 11.8 Å². The van der Waals surface area contributed by atoms with Gasteiger partial charge in [0, 0.05) is 0 Å². The summed E-state index contributed by atoms with van der Waals surface area (Å²) in [6, 6.07) is 0. The highest BCUT2D eigenvalue weighted by molar-refractivity contribution is 7.99. The van der Waals surface area contributed by atoms with Crippen molar-refractivity contribution >= 4 is 11.8 Å². The average Bonchev–Trinajstić information content (AvgIpc) is 1.60. The number of hydroxylamine groups is 4. The van der Waals surface area contributed by atoms with Gasteiger partial charge in [-0.15, -0.1) is 11.8 Å². The highest BCUT2D eigenvalue weighted by atomic mass is 32.2. The smallest absolute Gasteiger partial charge is 0.159 e. The third-order valence-electron chi connectivity index (χ3n) is 1.33. The molecule has 1 aliphatic rings. The molecule has 2 N–H and O–H groups in total. The van der Waals surface area contributed by atoms with Crippen LogP contribution >= 0.6 is 11.8 Å². The van der Waals surface area contributed by atoms with Gasteiger partial charge >= 0.3 is 0 Å². The van der Waals surface area contributed by atoms with Crippen molar-refractivity contribution in [2.45, 2.75) is 5.25 Å². The van der Waals surface area contributed by atoms with E-state index in [0.29, 0.717) is 18.3 Å². The lowest BCUT2D eigenvalue weighted by atomic mass is 10.3. The van der Waals surface area contributed by atoms with Crippen LogP contribution in [0.2, 0.25) is 0 Å². The predicted molar refractivity (Wildman–Crippen MR) is 30.9 cm³/mol. The molecule has 1 aliphatic heterocycles. The van der Waals surface area contributed by atoms with Crippen LogP contribution < -0.4 is 0 Å². The van der Waals surface area contributed by atoms with E-state index in [1.807, 2.05) is 6.26 Å². The van der Waals surface area contributed by atoms with Crippen molar-refractivity contribution in [2.75, 3.05) is 19.3 Å². The highest BCUT2D eigenvalue weighted by Gasteiger charge is 2.42. The zero-order valence-corrected chi connectivity index (χ0v) is 5.56. The number of nitrogens with zero attached hydrogens (tertiary/aromatic N) is 1. The fraction of sp³-hybridized carbons (Fsp3) is 1.00. The molecule has 4 heteroatoms. The summed E-state index contributed by atoms with van der Waals surface area (Å²) in [5, 5.41) is 17.8. The van der Waals surface area contributed by atoms with Gasteiger partial charge in [0.05, 0.1) is 0 Å². The maximum atomic E-state index is 8.69. The van der Waals surface area contributed by atoms with Crippen LogP contribution in [0.3, 0.4) is 0 Å². The molecule has 1 heterocycles. The van der Waals surface area contributed by atoms with Gasteiger partial charge in [-0.05, 0) is 11.1 Å². The molecule has 0 amide bonds. The van der Waals surface area contributed by atoms with Crippen molar-refractivity contribution in [3.63, 3.8) is 0 Å². The maximum Gasteiger partial charge on any atom is 0.159 e. The fourth-order valence-corrected chi connectivity index (χ4v) is 1.52. The Hall–Kier alpha value is 0.230. The number of hydrogen-bond acceptors (Lipinski definition) is 3. The first-order chi connectivity index (χ1) is 3.64. The van der Waals surface area contributed by atoms with E-state index in [1.165, 1.54) is 0 Å². The standard InChI is InChI=1S/C4H10NO2S/c1-8-4-2-5(6,7)3-4/h4,6-7H,2-3H2,1H3/q+1. The molecule has 0 spiro atoms. The molecular formula is C4H10NO2S+. The van der Waals surface area contributed by atoms with Gasteiger partial charge in [-0.3, -0.25) is 0 Å². The zero-order valence-electron chi connectivity index (χ0n) is 4.74. The molecule has 1 saturated heterocycles. The van der Waals surface area contributed by atoms with Gasteiger partial charge in [-0.2, -0.15) is 10.4 Å². The second kappa shape index (κ2) is 1.88. The van der Waals surface area contributed by atoms with Gasteiger partial charge in [0.15, 0.2) is 13.1 Å².